The predicted molar refractivity (Wildman–Crippen MR) is 53.3 cm³/mol. The summed E-state index contributed by atoms with van der Waals surface area (Å²) in [6.45, 7) is -0.416. The van der Waals surface area contributed by atoms with Crippen LogP contribution in [-0.2, 0) is 11.2 Å². The molecule has 1 rings (SSSR count). The molecule has 0 aliphatic heterocycles. The maximum absolute atomic E-state index is 11.7. The van der Waals surface area contributed by atoms with E-state index in [1.165, 1.54) is 11.3 Å². The van der Waals surface area contributed by atoms with Gasteiger partial charge in [0.2, 0.25) is 0 Å². The van der Waals surface area contributed by atoms with Crippen LogP contribution in [0.15, 0.2) is 11.6 Å². The minimum absolute atomic E-state index is 0.150. The molecule has 1 aromatic rings. The molecule has 0 radical (unpaired) electrons. The van der Waals surface area contributed by atoms with Gasteiger partial charge in [-0.15, -0.1) is 11.3 Å². The minimum atomic E-state index is -2.44. The van der Waals surface area contributed by atoms with E-state index >= 15 is 0 Å². The molecule has 1 atom stereocenters. The summed E-state index contributed by atoms with van der Waals surface area (Å²) >= 11 is 1.46. The van der Waals surface area contributed by atoms with Crippen LogP contribution in [0.1, 0.15) is 11.4 Å². The minimum Gasteiger partial charge on any atom is -0.393 e. The van der Waals surface area contributed by atoms with Gasteiger partial charge in [0, 0.05) is 24.6 Å². The quantitative estimate of drug-likeness (QED) is 0.734. The van der Waals surface area contributed by atoms with Crippen molar-refractivity contribution in [3.05, 3.63) is 16.6 Å². The van der Waals surface area contributed by atoms with Crippen molar-refractivity contribution in [2.45, 2.75) is 25.4 Å². The van der Waals surface area contributed by atoms with Crippen molar-refractivity contribution in [1.29, 1.82) is 0 Å². The number of aliphatic hydroxyl groups is 1. The molecule has 1 N–H and O–H groups in total. The van der Waals surface area contributed by atoms with Crippen molar-refractivity contribution < 1.29 is 18.6 Å². The van der Waals surface area contributed by atoms with E-state index in [0.29, 0.717) is 12.8 Å². The molecule has 86 valence electrons. The van der Waals surface area contributed by atoms with Crippen molar-refractivity contribution in [3.8, 4) is 0 Å². The Kier molecular flexibility index (Phi) is 5.67. The molecule has 0 aliphatic carbocycles. The van der Waals surface area contributed by atoms with Crippen molar-refractivity contribution in [1.82, 2.24) is 4.98 Å². The Hall–Kier alpha value is -0.590. The van der Waals surface area contributed by atoms with Crippen LogP contribution in [0.2, 0.25) is 0 Å². The molecule has 1 unspecified atom stereocenters. The van der Waals surface area contributed by atoms with E-state index in [4.69, 9.17) is 0 Å². The van der Waals surface area contributed by atoms with Gasteiger partial charge in [0.15, 0.2) is 0 Å². The van der Waals surface area contributed by atoms with Gasteiger partial charge in [0.1, 0.15) is 6.61 Å². The second-order valence-electron chi connectivity index (χ2n) is 3.04. The first kappa shape index (κ1) is 12.5. The van der Waals surface area contributed by atoms with Crippen LogP contribution in [0.25, 0.3) is 0 Å². The molecular weight excluding hydrogens is 224 g/mol. The average molecular weight is 237 g/mol. The van der Waals surface area contributed by atoms with E-state index in [0.717, 1.165) is 5.01 Å². The number of aromatic nitrogens is 1. The molecule has 0 aliphatic rings. The summed E-state index contributed by atoms with van der Waals surface area (Å²) in [6, 6.07) is 0. The average Bonchev–Trinajstić information content (AvgIpc) is 2.64. The Bertz CT molecular complexity index is 257. The van der Waals surface area contributed by atoms with Gasteiger partial charge < -0.3 is 9.84 Å². The maximum atomic E-state index is 11.7. The number of hydrogen-bond donors (Lipinski definition) is 1. The lowest BCUT2D eigenvalue weighted by atomic mass is 10.2. The first-order chi connectivity index (χ1) is 7.18. The Morgan fingerprint density at radius 2 is 2.33 bits per heavy atom. The molecular formula is C9H13F2NO2S. The number of hydrogen-bond acceptors (Lipinski definition) is 4. The van der Waals surface area contributed by atoms with Gasteiger partial charge in [-0.1, -0.05) is 0 Å². The molecule has 0 fully saturated rings. The van der Waals surface area contributed by atoms with E-state index in [2.05, 4.69) is 9.72 Å². The molecule has 6 heteroatoms. The Labute approximate surface area is 90.7 Å². The van der Waals surface area contributed by atoms with Crippen LogP contribution in [-0.4, -0.2) is 35.8 Å². The Balaban J connectivity index is 2.06. The summed E-state index contributed by atoms with van der Waals surface area (Å²) in [4.78, 5) is 4.01. The van der Waals surface area contributed by atoms with Gasteiger partial charge in [0.25, 0.3) is 6.43 Å². The zero-order valence-corrected chi connectivity index (χ0v) is 8.92. The van der Waals surface area contributed by atoms with E-state index in [1.54, 1.807) is 6.20 Å². The van der Waals surface area contributed by atoms with Crippen molar-refractivity contribution in [2.24, 2.45) is 0 Å². The largest absolute Gasteiger partial charge is 0.393 e. The molecule has 1 heterocycles. The lowest BCUT2D eigenvalue weighted by Gasteiger charge is -2.08. The van der Waals surface area contributed by atoms with Crippen LogP contribution in [0.5, 0.6) is 0 Å². The topological polar surface area (TPSA) is 42.4 Å². The standard InChI is InChI=1S/C9H13F2NO2S/c10-8(11)6-14-3-1-7(13)5-9-12-2-4-15-9/h2,4,7-8,13H,1,3,5-6H2. The van der Waals surface area contributed by atoms with Gasteiger partial charge in [-0.05, 0) is 6.42 Å². The van der Waals surface area contributed by atoms with Crippen molar-refractivity contribution in [2.75, 3.05) is 13.2 Å². The van der Waals surface area contributed by atoms with Crippen LogP contribution < -0.4 is 0 Å². The number of aliphatic hydroxyl groups excluding tert-OH is 1. The first-order valence-electron chi connectivity index (χ1n) is 4.61. The third-order valence-electron chi connectivity index (χ3n) is 1.73. The molecule has 0 spiro atoms. The molecule has 0 amide bonds. The molecule has 1 aromatic heterocycles. The van der Waals surface area contributed by atoms with Gasteiger partial charge in [0.05, 0.1) is 11.1 Å². The zero-order valence-electron chi connectivity index (χ0n) is 8.10. The normalized spacial score (nSPS) is 13.3. The smallest absolute Gasteiger partial charge is 0.261 e. The molecule has 15 heavy (non-hydrogen) atoms. The third-order valence-corrected chi connectivity index (χ3v) is 2.53. The van der Waals surface area contributed by atoms with E-state index in [-0.39, 0.29) is 6.61 Å². The highest BCUT2D eigenvalue weighted by Crippen LogP contribution is 2.09. The maximum Gasteiger partial charge on any atom is 0.261 e. The van der Waals surface area contributed by atoms with Crippen LogP contribution >= 0.6 is 11.3 Å². The van der Waals surface area contributed by atoms with E-state index in [1.807, 2.05) is 5.38 Å². The number of halogens is 2. The SMILES string of the molecule is OC(CCOCC(F)F)Cc1nccs1. The van der Waals surface area contributed by atoms with Gasteiger partial charge in [-0.2, -0.15) is 0 Å². The monoisotopic (exact) mass is 237 g/mol. The summed E-state index contributed by atoms with van der Waals surface area (Å²) in [6.07, 6.45) is -0.544. The van der Waals surface area contributed by atoms with Gasteiger partial charge in [-0.25, -0.2) is 13.8 Å². The van der Waals surface area contributed by atoms with Gasteiger partial charge in [-0.3, -0.25) is 0 Å². The van der Waals surface area contributed by atoms with Crippen LogP contribution in [0, 0.1) is 0 Å². The van der Waals surface area contributed by atoms with Crippen molar-refractivity contribution in [3.63, 3.8) is 0 Å². The second kappa shape index (κ2) is 6.81. The number of thiazole rings is 1. The third kappa shape index (κ3) is 5.76. The predicted octanol–water partition coefficient (Wildman–Crippen LogP) is 1.72. The van der Waals surface area contributed by atoms with E-state index in [9.17, 15) is 13.9 Å². The van der Waals surface area contributed by atoms with Gasteiger partial charge >= 0.3 is 0 Å². The first-order valence-corrected chi connectivity index (χ1v) is 5.48. The number of alkyl halides is 2. The van der Waals surface area contributed by atoms with Crippen LogP contribution in [0.3, 0.4) is 0 Å². The highest BCUT2D eigenvalue weighted by molar-refractivity contribution is 7.09. The lowest BCUT2D eigenvalue weighted by Crippen LogP contribution is -2.15. The van der Waals surface area contributed by atoms with E-state index < -0.39 is 19.1 Å². The second-order valence-corrected chi connectivity index (χ2v) is 4.02. The summed E-state index contributed by atoms with van der Waals surface area (Å²) in [7, 11) is 0. The molecule has 0 bridgehead atoms. The summed E-state index contributed by atoms with van der Waals surface area (Å²) < 4.78 is 28.0. The fraction of sp³-hybridized carbons (Fsp3) is 0.667. The highest BCUT2D eigenvalue weighted by Gasteiger charge is 2.08. The number of nitrogens with zero attached hydrogens (tertiary/aromatic N) is 1. The summed E-state index contributed by atoms with van der Waals surface area (Å²) in [5, 5.41) is 12.2. The number of rotatable bonds is 7. The Morgan fingerprint density at radius 1 is 1.53 bits per heavy atom. The highest BCUT2D eigenvalue weighted by atomic mass is 32.1. The Morgan fingerprint density at radius 3 is 2.93 bits per heavy atom. The number of ether oxygens (including phenoxy) is 1. The molecule has 0 aromatic carbocycles. The van der Waals surface area contributed by atoms with Crippen molar-refractivity contribution >= 4 is 11.3 Å². The zero-order chi connectivity index (χ0) is 11.1. The molecule has 3 nitrogen and oxygen atoms in total. The fourth-order valence-electron chi connectivity index (χ4n) is 1.05. The van der Waals surface area contributed by atoms with Crippen LogP contribution in [0.4, 0.5) is 8.78 Å². The lowest BCUT2D eigenvalue weighted by molar-refractivity contribution is 0.00512. The fourth-order valence-corrected chi connectivity index (χ4v) is 1.74. The molecule has 0 saturated heterocycles. The summed E-state index contributed by atoms with van der Waals surface area (Å²) in [5.41, 5.74) is 0. The molecule has 0 saturated carbocycles. The summed E-state index contributed by atoms with van der Waals surface area (Å²) in [5.74, 6) is 0.